The predicted molar refractivity (Wildman–Crippen MR) is 211 cm³/mol. The van der Waals surface area contributed by atoms with Gasteiger partial charge in [-0.3, -0.25) is 4.79 Å². The number of aliphatic carboxylic acids is 1. The topological polar surface area (TPSA) is 171 Å². The maximum Gasteiger partial charge on any atom is 0.303 e. The van der Waals surface area contributed by atoms with Crippen molar-refractivity contribution in [3.63, 3.8) is 0 Å². The number of hydrogen-bond acceptors (Lipinski definition) is 8. The number of fused-ring (bicyclic) bond motifs is 1. The summed E-state index contributed by atoms with van der Waals surface area (Å²) in [5.41, 5.74) is 4.07. The number of allylic oxidation sites excluding steroid dienone is 2. The zero-order valence-corrected chi connectivity index (χ0v) is 32.1. The Morgan fingerprint density at radius 1 is 0.925 bits per heavy atom. The van der Waals surface area contributed by atoms with Crippen LogP contribution in [-0.4, -0.2) is 85.3 Å². The molecule has 0 saturated carbocycles. The molecule has 0 amide bonds. The normalized spacial score (nSPS) is 19.8. The molecule has 296 valence electrons. The van der Waals surface area contributed by atoms with Gasteiger partial charge in [0, 0.05) is 31.5 Å². The summed E-state index contributed by atoms with van der Waals surface area (Å²) in [7, 11) is 0. The Hall–Kier alpha value is -3.05. The molecule has 53 heavy (non-hydrogen) atoms. The number of nitrogens with one attached hydrogen (secondary N) is 1. The van der Waals surface area contributed by atoms with E-state index >= 15 is 0 Å². The zero-order chi connectivity index (χ0) is 38.6. The number of rotatable bonds is 23. The van der Waals surface area contributed by atoms with Crippen molar-refractivity contribution in [1.29, 1.82) is 0 Å². The van der Waals surface area contributed by atoms with Gasteiger partial charge in [-0.1, -0.05) is 87.6 Å². The van der Waals surface area contributed by atoms with E-state index in [4.69, 9.17) is 0 Å². The number of hydrogen-bond donors (Lipinski definition) is 8. The minimum atomic E-state index is -1.27. The molecule has 1 aliphatic carbocycles. The molecule has 8 N–H and O–H groups in total. The Kier molecular flexibility index (Phi) is 19.8. The van der Waals surface area contributed by atoms with Crippen LogP contribution in [0.1, 0.15) is 126 Å². The van der Waals surface area contributed by atoms with Gasteiger partial charge in [-0.05, 0) is 117 Å². The SMILES string of the molecule is CCCCC[C@H](O)C=CC1=C(C[C@H](O)CO)[C@H](NC[C@@](C)(O)[C@H](CCCO)c2ccc(O)cc2)[C@@H](CCCCCC(=O)O)CCc2ccccc2CC1. The van der Waals surface area contributed by atoms with Crippen molar-refractivity contribution in [2.45, 2.75) is 146 Å². The van der Waals surface area contributed by atoms with Gasteiger partial charge in [0.2, 0.25) is 0 Å². The summed E-state index contributed by atoms with van der Waals surface area (Å²) in [6.45, 7) is 3.70. The van der Waals surface area contributed by atoms with E-state index in [-0.39, 0.29) is 49.6 Å². The molecule has 0 unspecified atom stereocenters. The lowest BCUT2D eigenvalue weighted by atomic mass is 9.76. The third-order valence-corrected chi connectivity index (χ3v) is 11.0. The molecule has 0 heterocycles. The molecule has 1 aliphatic rings. The van der Waals surface area contributed by atoms with Crippen LogP contribution in [0.2, 0.25) is 0 Å². The van der Waals surface area contributed by atoms with Gasteiger partial charge in [0.25, 0.3) is 0 Å². The average Bonchev–Trinajstić information content (AvgIpc) is 3.13. The van der Waals surface area contributed by atoms with Crippen LogP contribution < -0.4 is 5.32 Å². The third kappa shape index (κ3) is 15.3. The molecule has 9 heteroatoms. The lowest BCUT2D eigenvalue weighted by molar-refractivity contribution is -0.137. The van der Waals surface area contributed by atoms with Gasteiger partial charge >= 0.3 is 5.97 Å². The summed E-state index contributed by atoms with van der Waals surface area (Å²) in [5, 5.41) is 77.1. The number of aliphatic hydroxyl groups excluding tert-OH is 4. The minimum absolute atomic E-state index is 0.0158. The Morgan fingerprint density at radius 3 is 2.30 bits per heavy atom. The van der Waals surface area contributed by atoms with E-state index in [1.165, 1.54) is 11.1 Å². The molecule has 3 rings (SSSR count). The van der Waals surface area contributed by atoms with Crippen molar-refractivity contribution in [2.75, 3.05) is 19.8 Å². The number of aromatic hydroxyl groups is 1. The highest BCUT2D eigenvalue weighted by Gasteiger charge is 2.36. The summed E-state index contributed by atoms with van der Waals surface area (Å²) in [5.74, 6) is -0.972. The van der Waals surface area contributed by atoms with E-state index in [0.717, 1.165) is 74.5 Å². The molecule has 0 radical (unpaired) electrons. The van der Waals surface area contributed by atoms with Crippen molar-refractivity contribution >= 4 is 5.97 Å². The van der Waals surface area contributed by atoms with Crippen molar-refractivity contribution < 1.29 is 40.5 Å². The number of aryl methyl sites for hydroxylation is 2. The molecule has 2 aromatic rings. The van der Waals surface area contributed by atoms with Gasteiger partial charge in [0.1, 0.15) is 5.75 Å². The van der Waals surface area contributed by atoms with Crippen LogP contribution in [0.15, 0.2) is 71.8 Å². The number of carboxylic acid groups (broad SMARTS) is 1. The second-order valence-corrected chi connectivity index (χ2v) is 15.3. The number of aliphatic hydroxyl groups is 5. The molecule has 0 aromatic heterocycles. The summed E-state index contributed by atoms with van der Waals surface area (Å²) in [6, 6.07) is 15.0. The van der Waals surface area contributed by atoms with Gasteiger partial charge < -0.3 is 41.1 Å². The molecule has 0 fully saturated rings. The van der Waals surface area contributed by atoms with E-state index in [1.807, 2.05) is 24.3 Å². The first-order valence-electron chi connectivity index (χ1n) is 20.0. The Balaban J connectivity index is 2.13. The molecule has 0 bridgehead atoms. The van der Waals surface area contributed by atoms with E-state index < -0.39 is 30.4 Å². The van der Waals surface area contributed by atoms with Crippen LogP contribution >= 0.6 is 0 Å². The quantitative estimate of drug-likeness (QED) is 0.0577. The Bertz CT molecular complexity index is 1400. The fraction of sp³-hybridized carbons (Fsp3) is 0.614. The molecular formula is C44H67NO8. The van der Waals surface area contributed by atoms with Crippen molar-refractivity contribution in [3.05, 3.63) is 88.5 Å². The van der Waals surface area contributed by atoms with E-state index in [0.29, 0.717) is 32.1 Å². The number of unbranched alkanes of at least 4 members (excludes halogenated alkanes) is 4. The number of benzene rings is 2. The Labute approximate surface area is 317 Å². The lowest BCUT2D eigenvalue weighted by Crippen LogP contribution is -2.50. The van der Waals surface area contributed by atoms with Crippen molar-refractivity contribution in [3.8, 4) is 5.75 Å². The van der Waals surface area contributed by atoms with E-state index in [1.54, 1.807) is 19.1 Å². The Morgan fingerprint density at radius 2 is 1.64 bits per heavy atom. The van der Waals surface area contributed by atoms with Gasteiger partial charge in [-0.25, -0.2) is 0 Å². The third-order valence-electron chi connectivity index (χ3n) is 11.0. The van der Waals surface area contributed by atoms with E-state index in [9.17, 15) is 40.5 Å². The van der Waals surface area contributed by atoms with Crippen LogP contribution in [0, 0.1) is 5.92 Å². The van der Waals surface area contributed by atoms with Gasteiger partial charge in [-0.15, -0.1) is 0 Å². The van der Waals surface area contributed by atoms with E-state index in [2.05, 4.69) is 36.5 Å². The first-order valence-corrected chi connectivity index (χ1v) is 20.0. The highest BCUT2D eigenvalue weighted by molar-refractivity contribution is 5.66. The standard InChI is InChI=1S/C44H67NO8/c1-3-4-6-15-37(48)25-22-34-20-18-32-12-9-10-13-33(32)19-21-36(14-7-5-8-17-42(51)52)43(40(34)29-39(50)30-47)45-31-44(2,53)41(16-11-28-46)35-23-26-38(49)27-24-35/h9-10,12-13,22-27,36-37,39,41,43,45-50,53H,3-8,11,14-21,28-31H2,1-2H3,(H,51,52)/t36-,37-,39-,41+,43+,44+/m0/s1. The molecule has 0 saturated heterocycles. The van der Waals surface area contributed by atoms with Crippen LogP contribution in [0.3, 0.4) is 0 Å². The van der Waals surface area contributed by atoms with Crippen LogP contribution in [0.25, 0.3) is 0 Å². The molecule has 0 aliphatic heterocycles. The van der Waals surface area contributed by atoms with Crippen LogP contribution in [0.4, 0.5) is 0 Å². The van der Waals surface area contributed by atoms with Crippen molar-refractivity contribution in [1.82, 2.24) is 5.32 Å². The second-order valence-electron chi connectivity index (χ2n) is 15.3. The van der Waals surface area contributed by atoms with Gasteiger partial charge in [-0.2, -0.15) is 0 Å². The maximum atomic E-state index is 12.2. The van der Waals surface area contributed by atoms with Crippen molar-refractivity contribution in [2.24, 2.45) is 5.92 Å². The van der Waals surface area contributed by atoms with Gasteiger partial charge in [0.15, 0.2) is 0 Å². The van der Waals surface area contributed by atoms with Crippen LogP contribution in [0.5, 0.6) is 5.75 Å². The summed E-state index contributed by atoms with van der Waals surface area (Å²) in [4.78, 5) is 11.3. The fourth-order valence-electron chi connectivity index (χ4n) is 7.90. The summed E-state index contributed by atoms with van der Waals surface area (Å²) in [6.07, 6.45) is 13.4. The van der Waals surface area contributed by atoms with Crippen LogP contribution in [-0.2, 0) is 17.6 Å². The first-order chi connectivity index (χ1) is 25.5. The molecule has 0 spiro atoms. The first kappa shape index (κ1) is 44.3. The molecule has 6 atom stereocenters. The number of carboxylic acids is 1. The summed E-state index contributed by atoms with van der Waals surface area (Å²) < 4.78 is 0. The molecular weight excluding hydrogens is 670 g/mol. The largest absolute Gasteiger partial charge is 0.508 e. The number of phenols is 1. The molecule has 9 nitrogen and oxygen atoms in total. The zero-order valence-electron chi connectivity index (χ0n) is 32.1. The molecule has 2 aromatic carbocycles. The highest BCUT2D eigenvalue weighted by atomic mass is 16.4. The second kappa shape index (κ2) is 23.7. The average molecular weight is 738 g/mol. The summed E-state index contributed by atoms with van der Waals surface area (Å²) >= 11 is 0. The highest BCUT2D eigenvalue weighted by Crippen LogP contribution is 2.36. The monoisotopic (exact) mass is 737 g/mol. The van der Waals surface area contributed by atoms with Gasteiger partial charge in [0.05, 0.1) is 24.4 Å². The smallest absolute Gasteiger partial charge is 0.303 e. The minimum Gasteiger partial charge on any atom is -0.508 e. The fourth-order valence-corrected chi connectivity index (χ4v) is 7.90. The maximum absolute atomic E-state index is 12.2. The lowest BCUT2D eigenvalue weighted by Gasteiger charge is -2.39. The predicted octanol–water partition coefficient (Wildman–Crippen LogP) is 6.73. The number of phenolic OH excluding ortho intramolecular Hbond substituents is 1. The number of carbonyl (C=O) groups is 1.